The third-order valence-corrected chi connectivity index (χ3v) is 4.15. The van der Waals surface area contributed by atoms with E-state index in [-0.39, 0.29) is 16.6 Å². The predicted octanol–water partition coefficient (Wildman–Crippen LogP) is 1.02. The number of Topliss-reactive ketones (excluding diaryl/α,β-unsaturated/α-hetero) is 1. The van der Waals surface area contributed by atoms with Crippen molar-refractivity contribution >= 4 is 15.8 Å². The SMILES string of the molecule is CNCC(C)CNS(=O)(=O)c1cccc(C(C)=O)c1. The summed E-state index contributed by atoms with van der Waals surface area (Å²) in [6.45, 7) is 4.45. The minimum Gasteiger partial charge on any atom is -0.319 e. The fourth-order valence-corrected chi connectivity index (χ4v) is 2.85. The molecule has 5 nitrogen and oxygen atoms in total. The highest BCUT2D eigenvalue weighted by atomic mass is 32.2. The predicted molar refractivity (Wildman–Crippen MR) is 74.7 cm³/mol. The van der Waals surface area contributed by atoms with E-state index in [1.54, 1.807) is 12.1 Å². The summed E-state index contributed by atoms with van der Waals surface area (Å²) in [7, 11) is -1.74. The van der Waals surface area contributed by atoms with E-state index >= 15 is 0 Å². The van der Waals surface area contributed by atoms with Gasteiger partial charge in [0.05, 0.1) is 4.90 Å². The Hall–Kier alpha value is -1.24. The fraction of sp³-hybridized carbons (Fsp3) is 0.462. The second-order valence-electron chi connectivity index (χ2n) is 4.60. The van der Waals surface area contributed by atoms with Crippen LogP contribution in [0.1, 0.15) is 24.2 Å². The lowest BCUT2D eigenvalue weighted by molar-refractivity contribution is 0.101. The summed E-state index contributed by atoms with van der Waals surface area (Å²) in [4.78, 5) is 11.4. The Labute approximate surface area is 114 Å². The Bertz CT molecular complexity index is 541. The Morgan fingerprint density at radius 1 is 1.32 bits per heavy atom. The van der Waals surface area contributed by atoms with Gasteiger partial charge >= 0.3 is 0 Å². The molecule has 0 aliphatic rings. The molecular formula is C13H20N2O3S. The monoisotopic (exact) mass is 284 g/mol. The van der Waals surface area contributed by atoms with Crippen LogP contribution in [0.15, 0.2) is 29.2 Å². The first-order valence-electron chi connectivity index (χ1n) is 6.12. The maximum absolute atomic E-state index is 12.1. The molecule has 0 saturated carbocycles. The molecule has 0 aliphatic carbocycles. The van der Waals surface area contributed by atoms with Crippen LogP contribution in [0.25, 0.3) is 0 Å². The Balaban J connectivity index is 2.83. The highest BCUT2D eigenvalue weighted by Crippen LogP contribution is 2.12. The zero-order valence-corrected chi connectivity index (χ0v) is 12.3. The quantitative estimate of drug-likeness (QED) is 0.733. The van der Waals surface area contributed by atoms with E-state index in [0.717, 1.165) is 6.54 Å². The molecule has 1 atom stereocenters. The second kappa shape index (κ2) is 6.79. The molecule has 2 N–H and O–H groups in total. The molecule has 1 rings (SSSR count). The van der Waals surface area contributed by atoms with Crippen LogP contribution in [0.4, 0.5) is 0 Å². The molecule has 19 heavy (non-hydrogen) atoms. The van der Waals surface area contributed by atoms with Gasteiger partial charge in [-0.2, -0.15) is 0 Å². The topological polar surface area (TPSA) is 75.3 Å². The average Bonchev–Trinajstić information content (AvgIpc) is 2.37. The molecule has 0 heterocycles. The first kappa shape index (κ1) is 15.8. The van der Waals surface area contributed by atoms with Crippen LogP contribution in [0, 0.1) is 5.92 Å². The van der Waals surface area contributed by atoms with Gasteiger partial charge in [-0.15, -0.1) is 0 Å². The minimum absolute atomic E-state index is 0.122. The Morgan fingerprint density at radius 2 is 2.00 bits per heavy atom. The average molecular weight is 284 g/mol. The van der Waals surface area contributed by atoms with Crippen LogP contribution in [0.5, 0.6) is 0 Å². The Kier molecular flexibility index (Phi) is 5.65. The molecule has 1 unspecified atom stereocenters. The first-order valence-corrected chi connectivity index (χ1v) is 7.60. The summed E-state index contributed by atoms with van der Waals surface area (Å²) >= 11 is 0. The molecule has 0 spiro atoms. The van der Waals surface area contributed by atoms with Crippen LogP contribution in [0.2, 0.25) is 0 Å². The molecule has 0 aromatic heterocycles. The molecule has 6 heteroatoms. The molecule has 0 amide bonds. The van der Waals surface area contributed by atoms with Crippen molar-refractivity contribution < 1.29 is 13.2 Å². The number of rotatable bonds is 7. The molecule has 106 valence electrons. The van der Waals surface area contributed by atoms with Gasteiger partial charge in [0.25, 0.3) is 0 Å². The number of hydrogen-bond acceptors (Lipinski definition) is 4. The molecule has 1 aromatic rings. The van der Waals surface area contributed by atoms with E-state index in [1.807, 2.05) is 14.0 Å². The van der Waals surface area contributed by atoms with Crippen LogP contribution >= 0.6 is 0 Å². The van der Waals surface area contributed by atoms with Crippen molar-refractivity contribution in [2.75, 3.05) is 20.1 Å². The van der Waals surface area contributed by atoms with Crippen LogP contribution in [-0.4, -0.2) is 34.3 Å². The first-order chi connectivity index (χ1) is 8.86. The molecule has 0 bridgehead atoms. The van der Waals surface area contributed by atoms with Crippen molar-refractivity contribution in [2.24, 2.45) is 5.92 Å². The number of ketones is 1. The maximum atomic E-state index is 12.1. The van der Waals surface area contributed by atoms with Gasteiger partial charge in [0.1, 0.15) is 0 Å². The van der Waals surface area contributed by atoms with Crippen molar-refractivity contribution in [1.82, 2.24) is 10.0 Å². The van der Waals surface area contributed by atoms with Gasteiger partial charge in [0.2, 0.25) is 10.0 Å². The van der Waals surface area contributed by atoms with E-state index in [1.165, 1.54) is 19.1 Å². The summed E-state index contributed by atoms with van der Waals surface area (Å²) < 4.78 is 26.7. The lowest BCUT2D eigenvalue weighted by Crippen LogP contribution is -2.32. The summed E-state index contributed by atoms with van der Waals surface area (Å²) in [6.07, 6.45) is 0. The number of carbonyl (C=O) groups is 1. The van der Waals surface area contributed by atoms with Crippen molar-refractivity contribution in [3.05, 3.63) is 29.8 Å². The number of sulfonamides is 1. The van der Waals surface area contributed by atoms with Crippen molar-refractivity contribution in [3.63, 3.8) is 0 Å². The summed E-state index contributed by atoms with van der Waals surface area (Å²) in [6, 6.07) is 6.05. The largest absolute Gasteiger partial charge is 0.319 e. The molecule has 0 radical (unpaired) electrons. The van der Waals surface area contributed by atoms with Crippen molar-refractivity contribution in [1.29, 1.82) is 0 Å². The van der Waals surface area contributed by atoms with Gasteiger partial charge in [-0.05, 0) is 38.6 Å². The van der Waals surface area contributed by atoms with Gasteiger partial charge in [0.15, 0.2) is 5.78 Å². The van der Waals surface area contributed by atoms with E-state index in [2.05, 4.69) is 10.0 Å². The van der Waals surface area contributed by atoms with Crippen LogP contribution in [-0.2, 0) is 10.0 Å². The highest BCUT2D eigenvalue weighted by molar-refractivity contribution is 7.89. The van der Waals surface area contributed by atoms with Gasteiger partial charge in [-0.3, -0.25) is 4.79 Å². The second-order valence-corrected chi connectivity index (χ2v) is 6.37. The summed E-state index contributed by atoms with van der Waals surface area (Å²) in [5.74, 6) is 0.0383. The van der Waals surface area contributed by atoms with Gasteiger partial charge in [-0.1, -0.05) is 19.1 Å². The molecule has 0 fully saturated rings. The lowest BCUT2D eigenvalue weighted by atomic mass is 10.2. The summed E-state index contributed by atoms with van der Waals surface area (Å²) in [5.41, 5.74) is 0.395. The molecule has 0 saturated heterocycles. The van der Waals surface area contributed by atoms with Crippen molar-refractivity contribution in [3.8, 4) is 0 Å². The highest BCUT2D eigenvalue weighted by Gasteiger charge is 2.16. The lowest BCUT2D eigenvalue weighted by Gasteiger charge is -2.12. The maximum Gasteiger partial charge on any atom is 0.240 e. The van der Waals surface area contributed by atoms with Crippen LogP contribution < -0.4 is 10.0 Å². The van der Waals surface area contributed by atoms with E-state index < -0.39 is 10.0 Å². The van der Waals surface area contributed by atoms with Crippen molar-refractivity contribution in [2.45, 2.75) is 18.7 Å². The van der Waals surface area contributed by atoms with E-state index in [4.69, 9.17) is 0 Å². The molecule has 0 aliphatic heterocycles. The van der Waals surface area contributed by atoms with Crippen LogP contribution in [0.3, 0.4) is 0 Å². The molecule has 1 aromatic carbocycles. The number of hydrogen-bond donors (Lipinski definition) is 2. The zero-order chi connectivity index (χ0) is 14.5. The normalized spacial score (nSPS) is 13.2. The summed E-state index contributed by atoms with van der Waals surface area (Å²) in [5, 5.41) is 2.99. The number of carbonyl (C=O) groups excluding carboxylic acids is 1. The van der Waals surface area contributed by atoms with E-state index in [9.17, 15) is 13.2 Å². The fourth-order valence-electron chi connectivity index (χ4n) is 1.64. The zero-order valence-electron chi connectivity index (χ0n) is 11.4. The molecular weight excluding hydrogens is 264 g/mol. The van der Waals surface area contributed by atoms with Gasteiger partial charge < -0.3 is 5.32 Å². The Morgan fingerprint density at radius 3 is 2.58 bits per heavy atom. The van der Waals surface area contributed by atoms with Gasteiger partial charge in [-0.25, -0.2) is 13.1 Å². The third-order valence-electron chi connectivity index (χ3n) is 2.73. The minimum atomic E-state index is -3.56. The number of benzene rings is 1. The number of nitrogens with one attached hydrogen (secondary N) is 2. The smallest absolute Gasteiger partial charge is 0.240 e. The van der Waals surface area contributed by atoms with E-state index in [0.29, 0.717) is 12.1 Å². The third kappa shape index (κ3) is 4.74. The standard InChI is InChI=1S/C13H20N2O3S/c1-10(8-14-3)9-15-19(17,18)13-6-4-5-12(7-13)11(2)16/h4-7,10,14-15H,8-9H2,1-3H3. The van der Waals surface area contributed by atoms with Gasteiger partial charge in [0, 0.05) is 12.1 Å².